The second-order valence-corrected chi connectivity index (χ2v) is 3.94. The molecule has 0 unspecified atom stereocenters. The van der Waals surface area contributed by atoms with E-state index in [4.69, 9.17) is 5.11 Å². The second kappa shape index (κ2) is 5.57. The zero-order chi connectivity index (χ0) is 11.2. The van der Waals surface area contributed by atoms with Crippen LogP contribution in [0.2, 0.25) is 0 Å². The van der Waals surface area contributed by atoms with Crippen LogP contribution < -0.4 is 0 Å². The first-order valence-electron chi connectivity index (χ1n) is 5.65. The summed E-state index contributed by atoms with van der Waals surface area (Å²) in [5, 5.41) is 9.00. The molecule has 1 aromatic carbocycles. The molecule has 1 aromatic rings. The molecule has 1 aliphatic heterocycles. The molecule has 0 amide bonds. The molecule has 16 heavy (non-hydrogen) atoms. The third-order valence-corrected chi connectivity index (χ3v) is 2.79. The standard InChI is InChI=1S/C13H16BNO/c16-11-10-15-9-5-4-8-14(15)12-13-6-2-1-3-7-13/h1-9,16H,10-12H2. The minimum atomic E-state index is 0.198. The first-order chi connectivity index (χ1) is 7.90. The van der Waals surface area contributed by atoms with E-state index in [1.54, 1.807) is 0 Å². The van der Waals surface area contributed by atoms with Crippen LogP contribution in [-0.4, -0.2) is 29.9 Å². The number of hydrogen-bond acceptors (Lipinski definition) is 2. The van der Waals surface area contributed by atoms with Gasteiger partial charge in [0.1, 0.15) is 0 Å². The average Bonchev–Trinajstić information content (AvgIpc) is 2.33. The largest absolute Gasteiger partial charge is 0.415 e. The van der Waals surface area contributed by atoms with E-state index in [1.807, 2.05) is 18.3 Å². The Bertz CT molecular complexity index is 375. The third-order valence-electron chi connectivity index (χ3n) is 2.79. The van der Waals surface area contributed by atoms with E-state index in [9.17, 15) is 0 Å². The topological polar surface area (TPSA) is 23.5 Å². The Labute approximate surface area is 97.0 Å². The fourth-order valence-electron chi connectivity index (χ4n) is 1.97. The molecular weight excluding hydrogens is 197 g/mol. The van der Waals surface area contributed by atoms with Crippen molar-refractivity contribution in [2.75, 3.05) is 13.2 Å². The van der Waals surface area contributed by atoms with E-state index in [0.717, 1.165) is 6.32 Å². The molecule has 0 aliphatic carbocycles. The van der Waals surface area contributed by atoms with Gasteiger partial charge < -0.3 is 9.92 Å². The Morgan fingerprint density at radius 2 is 1.94 bits per heavy atom. The molecule has 0 saturated carbocycles. The van der Waals surface area contributed by atoms with Crippen molar-refractivity contribution < 1.29 is 5.11 Å². The van der Waals surface area contributed by atoms with Crippen molar-refractivity contribution >= 4 is 6.85 Å². The smallest absolute Gasteiger partial charge is 0.285 e. The molecule has 0 radical (unpaired) electrons. The molecule has 1 aliphatic rings. The lowest BCUT2D eigenvalue weighted by Gasteiger charge is -2.27. The molecule has 0 bridgehead atoms. The van der Waals surface area contributed by atoms with Crippen LogP contribution >= 0.6 is 0 Å². The Morgan fingerprint density at radius 1 is 1.12 bits per heavy atom. The molecule has 2 rings (SSSR count). The molecule has 2 nitrogen and oxygen atoms in total. The molecule has 0 saturated heterocycles. The highest BCUT2D eigenvalue weighted by Gasteiger charge is 2.19. The molecule has 1 heterocycles. The lowest BCUT2D eigenvalue weighted by molar-refractivity contribution is 0.273. The summed E-state index contributed by atoms with van der Waals surface area (Å²) < 4.78 is 0. The Hall–Kier alpha value is -1.48. The predicted octanol–water partition coefficient (Wildman–Crippen LogP) is 1.68. The fourth-order valence-corrected chi connectivity index (χ4v) is 1.97. The second-order valence-electron chi connectivity index (χ2n) is 3.94. The van der Waals surface area contributed by atoms with Gasteiger partial charge in [0.05, 0.1) is 6.61 Å². The number of nitrogens with zero attached hydrogens (tertiary/aromatic N) is 1. The number of hydrogen-bond donors (Lipinski definition) is 1. The lowest BCUT2D eigenvalue weighted by Crippen LogP contribution is -2.39. The first kappa shape index (κ1) is 11.0. The maximum atomic E-state index is 9.00. The minimum Gasteiger partial charge on any atom is -0.415 e. The van der Waals surface area contributed by atoms with Crippen molar-refractivity contribution in [3.63, 3.8) is 0 Å². The summed E-state index contributed by atoms with van der Waals surface area (Å²) in [5.74, 6) is 2.18. The Morgan fingerprint density at radius 3 is 2.69 bits per heavy atom. The van der Waals surface area contributed by atoms with Crippen LogP contribution in [0.5, 0.6) is 0 Å². The molecule has 0 fully saturated rings. The Kier molecular flexibility index (Phi) is 3.83. The van der Waals surface area contributed by atoms with Gasteiger partial charge in [-0.2, -0.15) is 0 Å². The molecular formula is C13H16BNO. The molecule has 1 N–H and O–H groups in total. The highest BCUT2D eigenvalue weighted by Crippen LogP contribution is 2.10. The zero-order valence-corrected chi connectivity index (χ0v) is 9.29. The highest BCUT2D eigenvalue weighted by molar-refractivity contribution is 6.61. The van der Waals surface area contributed by atoms with Crippen molar-refractivity contribution in [2.45, 2.75) is 6.32 Å². The average molecular weight is 213 g/mol. The summed E-state index contributed by atoms with van der Waals surface area (Å²) in [5.41, 5.74) is 1.33. The van der Waals surface area contributed by atoms with Gasteiger partial charge >= 0.3 is 0 Å². The van der Waals surface area contributed by atoms with Crippen molar-refractivity contribution in [3.05, 3.63) is 60.2 Å². The monoisotopic (exact) mass is 213 g/mol. The summed E-state index contributed by atoms with van der Waals surface area (Å²) in [6.45, 7) is 1.25. The van der Waals surface area contributed by atoms with E-state index in [2.05, 4.69) is 41.1 Å². The number of benzene rings is 1. The van der Waals surface area contributed by atoms with Crippen LogP contribution in [0, 0.1) is 0 Å². The van der Waals surface area contributed by atoms with Gasteiger partial charge in [-0.25, -0.2) is 0 Å². The maximum absolute atomic E-state index is 9.00. The van der Waals surface area contributed by atoms with Gasteiger partial charge in [-0.1, -0.05) is 47.9 Å². The van der Waals surface area contributed by atoms with Gasteiger partial charge in [-0.3, -0.25) is 0 Å². The van der Waals surface area contributed by atoms with Gasteiger partial charge in [0, 0.05) is 6.54 Å². The van der Waals surface area contributed by atoms with Gasteiger partial charge in [0.15, 0.2) is 0 Å². The third kappa shape index (κ3) is 2.77. The zero-order valence-electron chi connectivity index (χ0n) is 9.29. The van der Waals surface area contributed by atoms with Crippen LogP contribution in [0.1, 0.15) is 5.56 Å². The maximum Gasteiger partial charge on any atom is 0.285 e. The molecule has 82 valence electrons. The first-order valence-corrected chi connectivity index (χ1v) is 5.65. The van der Waals surface area contributed by atoms with Crippen LogP contribution in [-0.2, 0) is 6.32 Å². The van der Waals surface area contributed by atoms with Crippen molar-refractivity contribution in [1.29, 1.82) is 0 Å². The highest BCUT2D eigenvalue weighted by atomic mass is 16.3. The van der Waals surface area contributed by atoms with E-state index < -0.39 is 0 Å². The van der Waals surface area contributed by atoms with Gasteiger partial charge in [-0.15, -0.1) is 0 Å². The summed E-state index contributed by atoms with van der Waals surface area (Å²) in [7, 11) is 0. The fraction of sp³-hybridized carbons (Fsp3) is 0.231. The summed E-state index contributed by atoms with van der Waals surface area (Å²) in [4.78, 5) is 2.17. The molecule has 3 heteroatoms. The normalized spacial score (nSPS) is 14.6. The lowest BCUT2D eigenvalue weighted by atomic mass is 9.55. The van der Waals surface area contributed by atoms with Crippen LogP contribution in [0.3, 0.4) is 0 Å². The Balaban J connectivity index is 2.03. The van der Waals surface area contributed by atoms with E-state index in [1.165, 1.54) is 5.56 Å². The van der Waals surface area contributed by atoms with E-state index in [-0.39, 0.29) is 6.61 Å². The van der Waals surface area contributed by atoms with Gasteiger partial charge in [0.2, 0.25) is 0 Å². The molecule has 0 atom stereocenters. The van der Waals surface area contributed by atoms with E-state index >= 15 is 0 Å². The van der Waals surface area contributed by atoms with Crippen LogP contribution in [0.4, 0.5) is 0 Å². The molecule has 0 spiro atoms. The number of aliphatic hydroxyl groups is 1. The van der Waals surface area contributed by atoms with Crippen molar-refractivity contribution in [1.82, 2.24) is 4.81 Å². The molecule has 0 aromatic heterocycles. The summed E-state index contributed by atoms with van der Waals surface area (Å²) in [6, 6.07) is 10.4. The van der Waals surface area contributed by atoms with E-state index in [0.29, 0.717) is 13.4 Å². The quantitative estimate of drug-likeness (QED) is 0.769. The number of β-amino-alcohol motifs (C(OH)–C–C–N with tert-alkyl or cyclic N) is 1. The number of rotatable bonds is 4. The van der Waals surface area contributed by atoms with Crippen molar-refractivity contribution in [3.8, 4) is 0 Å². The van der Waals surface area contributed by atoms with Crippen LogP contribution in [0.15, 0.2) is 54.7 Å². The number of allylic oxidation sites excluding steroid dienone is 2. The predicted molar refractivity (Wildman–Crippen MR) is 68.0 cm³/mol. The van der Waals surface area contributed by atoms with Gasteiger partial charge in [0.25, 0.3) is 6.85 Å². The van der Waals surface area contributed by atoms with Crippen LogP contribution in [0.25, 0.3) is 0 Å². The van der Waals surface area contributed by atoms with Gasteiger partial charge in [-0.05, 0) is 18.6 Å². The summed E-state index contributed by atoms with van der Waals surface area (Å²) in [6.07, 6.45) is 7.12. The number of aliphatic hydroxyl groups excluding tert-OH is 1. The summed E-state index contributed by atoms with van der Waals surface area (Å²) >= 11 is 0. The minimum absolute atomic E-state index is 0.198. The van der Waals surface area contributed by atoms with Crippen molar-refractivity contribution in [2.24, 2.45) is 0 Å². The SMILES string of the molecule is OCCN1C=CC=CB1Cc1ccccc1.